The zero-order valence-corrected chi connectivity index (χ0v) is 10.9. The lowest BCUT2D eigenvalue weighted by Gasteiger charge is -2.10. The maximum absolute atomic E-state index is 12.0. The smallest absolute Gasteiger partial charge is 0.275 e. The van der Waals surface area contributed by atoms with E-state index in [9.17, 15) is 4.79 Å². The molecule has 0 saturated carbocycles. The van der Waals surface area contributed by atoms with Crippen molar-refractivity contribution in [3.05, 3.63) is 42.0 Å². The van der Waals surface area contributed by atoms with Crippen molar-refractivity contribution in [3.63, 3.8) is 0 Å². The highest BCUT2D eigenvalue weighted by molar-refractivity contribution is 6.03. The van der Waals surface area contributed by atoms with E-state index in [0.29, 0.717) is 23.7 Å². The highest BCUT2D eigenvalue weighted by Crippen LogP contribution is 2.25. The maximum atomic E-state index is 12.0. The average Bonchev–Trinajstić information content (AvgIpc) is 2.86. The number of aromatic nitrogens is 2. The molecule has 19 heavy (non-hydrogen) atoms. The molecule has 0 radical (unpaired) electrons. The van der Waals surface area contributed by atoms with Crippen molar-refractivity contribution in [1.82, 2.24) is 9.55 Å². The van der Waals surface area contributed by atoms with Gasteiger partial charge in [-0.3, -0.25) is 4.79 Å². The Bertz CT molecular complexity index is 592. The number of ether oxygens (including phenoxy) is 1. The fourth-order valence-electron chi connectivity index (χ4n) is 1.68. The van der Waals surface area contributed by atoms with Gasteiger partial charge >= 0.3 is 0 Å². The van der Waals surface area contributed by atoms with Gasteiger partial charge in [0, 0.05) is 19.8 Å². The second-order valence-corrected chi connectivity index (χ2v) is 4.12. The van der Waals surface area contributed by atoms with Gasteiger partial charge in [-0.05, 0) is 17.7 Å². The molecule has 1 amide bonds. The summed E-state index contributed by atoms with van der Waals surface area (Å²) in [6, 6.07) is 5.41. The molecule has 2 aromatic rings. The Kier molecular flexibility index (Phi) is 3.82. The summed E-state index contributed by atoms with van der Waals surface area (Å²) in [5.41, 5.74) is 7.45. The average molecular weight is 260 g/mol. The zero-order valence-electron chi connectivity index (χ0n) is 10.9. The summed E-state index contributed by atoms with van der Waals surface area (Å²) in [5.74, 6) is 0.298. The fourth-order valence-corrected chi connectivity index (χ4v) is 1.68. The number of nitrogens with one attached hydrogen (secondary N) is 1. The van der Waals surface area contributed by atoms with Crippen LogP contribution in [0, 0.1) is 0 Å². The van der Waals surface area contributed by atoms with Crippen molar-refractivity contribution in [2.45, 2.75) is 6.54 Å². The van der Waals surface area contributed by atoms with Crippen molar-refractivity contribution in [2.24, 2.45) is 12.8 Å². The predicted molar refractivity (Wildman–Crippen MR) is 72.0 cm³/mol. The van der Waals surface area contributed by atoms with Gasteiger partial charge in [-0.2, -0.15) is 0 Å². The quantitative estimate of drug-likeness (QED) is 0.863. The number of imidazole rings is 1. The molecule has 1 heterocycles. The number of nitrogens with zero attached hydrogens (tertiary/aromatic N) is 2. The van der Waals surface area contributed by atoms with Gasteiger partial charge < -0.3 is 20.4 Å². The Labute approximate surface area is 111 Å². The van der Waals surface area contributed by atoms with Crippen LogP contribution in [0.4, 0.5) is 5.69 Å². The second kappa shape index (κ2) is 5.53. The van der Waals surface area contributed by atoms with Gasteiger partial charge in [0.15, 0.2) is 0 Å². The van der Waals surface area contributed by atoms with E-state index in [2.05, 4.69) is 10.3 Å². The Morgan fingerprint density at radius 1 is 1.53 bits per heavy atom. The van der Waals surface area contributed by atoms with Gasteiger partial charge in [0.25, 0.3) is 5.91 Å². The normalized spacial score (nSPS) is 10.3. The van der Waals surface area contributed by atoms with Crippen molar-refractivity contribution in [1.29, 1.82) is 0 Å². The molecule has 6 nitrogen and oxygen atoms in total. The molecule has 0 bridgehead atoms. The predicted octanol–water partition coefficient (Wildman–Crippen LogP) is 1.14. The lowest BCUT2D eigenvalue weighted by Crippen LogP contribution is -2.13. The van der Waals surface area contributed by atoms with E-state index >= 15 is 0 Å². The Morgan fingerprint density at radius 2 is 2.32 bits per heavy atom. The van der Waals surface area contributed by atoms with Gasteiger partial charge in [0.05, 0.1) is 19.1 Å². The molecular weight excluding hydrogens is 244 g/mol. The van der Waals surface area contributed by atoms with Crippen molar-refractivity contribution >= 4 is 11.6 Å². The lowest BCUT2D eigenvalue weighted by atomic mass is 10.2. The molecule has 1 aromatic carbocycles. The molecule has 1 aromatic heterocycles. The van der Waals surface area contributed by atoms with E-state index in [1.807, 2.05) is 6.07 Å². The van der Waals surface area contributed by atoms with E-state index in [-0.39, 0.29) is 5.91 Å². The van der Waals surface area contributed by atoms with E-state index < -0.39 is 0 Å². The van der Waals surface area contributed by atoms with Gasteiger partial charge in [0.2, 0.25) is 0 Å². The zero-order chi connectivity index (χ0) is 13.8. The highest BCUT2D eigenvalue weighted by Gasteiger charge is 2.12. The van der Waals surface area contributed by atoms with E-state index in [1.165, 1.54) is 0 Å². The molecule has 0 aliphatic rings. The number of benzene rings is 1. The van der Waals surface area contributed by atoms with Crippen LogP contribution in [-0.2, 0) is 13.6 Å². The number of methoxy groups -OCH3 is 1. The van der Waals surface area contributed by atoms with Crippen LogP contribution in [0.5, 0.6) is 5.75 Å². The largest absolute Gasteiger partial charge is 0.495 e. The summed E-state index contributed by atoms with van der Waals surface area (Å²) < 4.78 is 6.95. The summed E-state index contributed by atoms with van der Waals surface area (Å²) in [5, 5.41) is 2.76. The Balaban J connectivity index is 2.21. The van der Waals surface area contributed by atoms with Crippen LogP contribution in [-0.4, -0.2) is 22.6 Å². The number of hydrogen-bond donors (Lipinski definition) is 2. The number of aryl methyl sites for hydroxylation is 1. The molecule has 0 spiro atoms. The number of carbonyl (C=O) groups is 1. The molecule has 100 valence electrons. The summed E-state index contributed by atoms with van der Waals surface area (Å²) in [6.45, 7) is 0.421. The number of carbonyl (C=O) groups excluding carboxylic acids is 1. The Hall–Kier alpha value is -2.34. The summed E-state index contributed by atoms with van der Waals surface area (Å²) in [6.07, 6.45) is 3.22. The monoisotopic (exact) mass is 260 g/mol. The van der Waals surface area contributed by atoms with Crippen LogP contribution in [0.3, 0.4) is 0 Å². The third-order valence-corrected chi connectivity index (χ3v) is 2.69. The van der Waals surface area contributed by atoms with Crippen LogP contribution >= 0.6 is 0 Å². The van der Waals surface area contributed by atoms with Gasteiger partial charge in [-0.25, -0.2) is 4.98 Å². The molecule has 0 atom stereocenters. The van der Waals surface area contributed by atoms with Crippen LogP contribution in [0.1, 0.15) is 16.1 Å². The number of anilines is 1. The third kappa shape index (κ3) is 2.92. The molecule has 0 aliphatic carbocycles. The van der Waals surface area contributed by atoms with Gasteiger partial charge in [-0.1, -0.05) is 6.07 Å². The number of hydrogen-bond acceptors (Lipinski definition) is 4. The first-order chi connectivity index (χ1) is 9.13. The number of amides is 1. The topological polar surface area (TPSA) is 82.2 Å². The molecule has 0 aliphatic heterocycles. The lowest BCUT2D eigenvalue weighted by molar-refractivity contribution is 0.102. The van der Waals surface area contributed by atoms with Crippen LogP contribution in [0.25, 0.3) is 0 Å². The van der Waals surface area contributed by atoms with E-state index in [4.69, 9.17) is 10.5 Å². The first-order valence-corrected chi connectivity index (χ1v) is 5.80. The first kappa shape index (κ1) is 13.1. The molecule has 3 N–H and O–H groups in total. The summed E-state index contributed by atoms with van der Waals surface area (Å²) >= 11 is 0. The molecule has 6 heteroatoms. The first-order valence-electron chi connectivity index (χ1n) is 5.80. The fraction of sp³-hybridized carbons (Fsp3) is 0.231. The minimum Gasteiger partial charge on any atom is -0.495 e. The highest BCUT2D eigenvalue weighted by atomic mass is 16.5. The minimum atomic E-state index is -0.278. The van der Waals surface area contributed by atoms with Crippen LogP contribution < -0.4 is 15.8 Å². The standard InChI is InChI=1S/C13H16N4O2/c1-17-7-11(15-8-17)13(18)16-10-4-3-9(6-14)5-12(10)19-2/h3-5,7-8H,6,14H2,1-2H3,(H,16,18). The van der Waals surface area contributed by atoms with Crippen molar-refractivity contribution in [2.75, 3.05) is 12.4 Å². The summed E-state index contributed by atoms with van der Waals surface area (Å²) in [7, 11) is 3.35. The molecule has 0 fully saturated rings. The van der Waals surface area contributed by atoms with Crippen LogP contribution in [0.15, 0.2) is 30.7 Å². The Morgan fingerprint density at radius 3 is 2.89 bits per heavy atom. The molecule has 0 saturated heterocycles. The molecule has 0 unspecified atom stereocenters. The second-order valence-electron chi connectivity index (χ2n) is 4.12. The number of rotatable bonds is 4. The van der Waals surface area contributed by atoms with E-state index in [0.717, 1.165) is 5.56 Å². The number of nitrogens with two attached hydrogens (primary N) is 1. The van der Waals surface area contributed by atoms with Crippen LogP contribution in [0.2, 0.25) is 0 Å². The van der Waals surface area contributed by atoms with Gasteiger partial charge in [-0.15, -0.1) is 0 Å². The van der Waals surface area contributed by atoms with Crippen molar-refractivity contribution in [3.8, 4) is 5.75 Å². The minimum absolute atomic E-state index is 0.278. The molecule has 2 rings (SSSR count). The van der Waals surface area contributed by atoms with Gasteiger partial charge in [0.1, 0.15) is 11.4 Å². The molecular formula is C13H16N4O2. The maximum Gasteiger partial charge on any atom is 0.275 e. The van der Waals surface area contributed by atoms with Crippen molar-refractivity contribution < 1.29 is 9.53 Å². The SMILES string of the molecule is COc1cc(CN)ccc1NC(=O)c1cn(C)cn1. The third-order valence-electron chi connectivity index (χ3n) is 2.69. The summed E-state index contributed by atoms with van der Waals surface area (Å²) in [4.78, 5) is 16.0. The van der Waals surface area contributed by atoms with E-state index in [1.54, 1.807) is 43.4 Å².